The number of hydrogen-bond acceptors (Lipinski definition) is 4. The zero-order chi connectivity index (χ0) is 19.1. The van der Waals surface area contributed by atoms with Crippen LogP contribution in [-0.2, 0) is 4.79 Å². The van der Waals surface area contributed by atoms with Crippen molar-refractivity contribution >= 4 is 11.7 Å². The number of halogens is 2. The molecule has 0 saturated heterocycles. The van der Waals surface area contributed by atoms with Crippen molar-refractivity contribution in [2.45, 2.75) is 19.9 Å². The predicted molar refractivity (Wildman–Crippen MR) is 91.4 cm³/mol. The number of carbonyl (C=O) groups excluding carboxylic acids is 2. The van der Waals surface area contributed by atoms with Gasteiger partial charge in [-0.1, -0.05) is 0 Å². The lowest BCUT2D eigenvalue weighted by atomic mass is 10.1. The van der Waals surface area contributed by atoms with Crippen molar-refractivity contribution in [2.75, 3.05) is 13.2 Å². The largest absolute Gasteiger partial charge is 0.488 e. The zero-order valence-electron chi connectivity index (χ0n) is 14.4. The van der Waals surface area contributed by atoms with Gasteiger partial charge in [0.25, 0.3) is 5.91 Å². The Labute approximate surface area is 149 Å². The molecular formula is C19H19F2NO4. The maximum absolute atomic E-state index is 13.5. The van der Waals surface area contributed by atoms with Crippen LogP contribution in [0.25, 0.3) is 0 Å². The van der Waals surface area contributed by atoms with Crippen LogP contribution < -0.4 is 14.8 Å². The maximum Gasteiger partial charge on any atom is 0.258 e. The molecule has 0 aliphatic carbocycles. The van der Waals surface area contributed by atoms with Crippen molar-refractivity contribution in [3.63, 3.8) is 0 Å². The minimum Gasteiger partial charge on any atom is -0.488 e. The topological polar surface area (TPSA) is 64.6 Å². The van der Waals surface area contributed by atoms with E-state index in [0.717, 1.165) is 12.1 Å². The average molecular weight is 363 g/mol. The van der Waals surface area contributed by atoms with Gasteiger partial charge in [0.2, 0.25) is 0 Å². The van der Waals surface area contributed by atoms with E-state index >= 15 is 0 Å². The Bertz CT molecular complexity index is 778. The molecule has 5 nitrogen and oxygen atoms in total. The summed E-state index contributed by atoms with van der Waals surface area (Å²) in [5.41, 5.74) is 0.556. The van der Waals surface area contributed by atoms with Crippen molar-refractivity contribution in [3.05, 3.63) is 59.7 Å². The van der Waals surface area contributed by atoms with Crippen molar-refractivity contribution in [3.8, 4) is 11.5 Å². The number of ether oxygens (including phenoxy) is 2. The van der Waals surface area contributed by atoms with Crippen LogP contribution in [0.15, 0.2) is 42.5 Å². The number of ketones is 1. The Kier molecular flexibility index (Phi) is 6.66. The molecule has 0 saturated carbocycles. The van der Waals surface area contributed by atoms with E-state index in [1.54, 1.807) is 31.2 Å². The van der Waals surface area contributed by atoms with Crippen molar-refractivity contribution < 1.29 is 27.8 Å². The number of Topliss-reactive ketones (excluding diaryl/α,β-unsaturated/α-hetero) is 1. The van der Waals surface area contributed by atoms with Crippen LogP contribution in [0.3, 0.4) is 0 Å². The molecule has 0 fully saturated rings. The summed E-state index contributed by atoms with van der Waals surface area (Å²) in [5.74, 6) is -1.56. The molecule has 1 atom stereocenters. The normalized spacial score (nSPS) is 11.5. The monoisotopic (exact) mass is 363 g/mol. The molecule has 2 aromatic carbocycles. The highest BCUT2D eigenvalue weighted by Crippen LogP contribution is 2.17. The van der Waals surface area contributed by atoms with Gasteiger partial charge < -0.3 is 14.8 Å². The molecule has 0 aromatic heterocycles. The Morgan fingerprint density at radius 1 is 1.08 bits per heavy atom. The molecule has 0 aliphatic heterocycles. The standard InChI is InChI=1S/C19H19F2NO4/c1-12(10-26-18-8-5-15(20)9-17(18)21)22-19(24)11-25-16-6-3-14(4-7-16)13(2)23/h3-9,12H,10-11H2,1-2H3,(H,22,24). The van der Waals surface area contributed by atoms with Crippen LogP contribution in [0.2, 0.25) is 0 Å². The smallest absolute Gasteiger partial charge is 0.258 e. The molecule has 138 valence electrons. The average Bonchev–Trinajstić information content (AvgIpc) is 2.59. The number of carbonyl (C=O) groups is 2. The second-order valence-electron chi connectivity index (χ2n) is 5.72. The lowest BCUT2D eigenvalue weighted by Crippen LogP contribution is -2.39. The molecule has 7 heteroatoms. The van der Waals surface area contributed by atoms with Crippen molar-refractivity contribution in [1.82, 2.24) is 5.32 Å². The molecule has 1 unspecified atom stereocenters. The number of amides is 1. The molecule has 2 aromatic rings. The molecule has 26 heavy (non-hydrogen) atoms. The van der Waals surface area contributed by atoms with Crippen LogP contribution in [0.5, 0.6) is 11.5 Å². The van der Waals surface area contributed by atoms with E-state index in [1.807, 2.05) is 0 Å². The Morgan fingerprint density at radius 3 is 2.38 bits per heavy atom. The fourth-order valence-electron chi connectivity index (χ4n) is 2.10. The summed E-state index contributed by atoms with van der Waals surface area (Å²) in [5, 5.41) is 2.64. The molecule has 0 bridgehead atoms. The molecule has 0 radical (unpaired) electrons. The van der Waals surface area contributed by atoms with Gasteiger partial charge in [0.05, 0.1) is 6.04 Å². The number of rotatable bonds is 8. The SMILES string of the molecule is CC(=O)c1ccc(OCC(=O)NC(C)COc2ccc(F)cc2F)cc1. The quantitative estimate of drug-likeness (QED) is 0.732. The molecule has 1 N–H and O–H groups in total. The van der Waals surface area contributed by atoms with E-state index < -0.39 is 17.7 Å². The summed E-state index contributed by atoms with van der Waals surface area (Å²) in [4.78, 5) is 23.0. The van der Waals surface area contributed by atoms with Gasteiger partial charge >= 0.3 is 0 Å². The van der Waals surface area contributed by atoms with Crippen molar-refractivity contribution in [2.24, 2.45) is 0 Å². The van der Waals surface area contributed by atoms with Crippen molar-refractivity contribution in [1.29, 1.82) is 0 Å². The van der Waals surface area contributed by atoms with Gasteiger partial charge in [-0.3, -0.25) is 9.59 Å². The van der Waals surface area contributed by atoms with Crippen LogP contribution >= 0.6 is 0 Å². The highest BCUT2D eigenvalue weighted by molar-refractivity contribution is 5.94. The highest BCUT2D eigenvalue weighted by Gasteiger charge is 2.11. The van der Waals surface area contributed by atoms with Gasteiger partial charge in [0.15, 0.2) is 24.0 Å². The molecule has 0 spiro atoms. The first-order valence-corrected chi connectivity index (χ1v) is 7.96. The lowest BCUT2D eigenvalue weighted by Gasteiger charge is -2.15. The van der Waals surface area contributed by atoms with E-state index in [4.69, 9.17) is 9.47 Å². The van der Waals surface area contributed by atoms with E-state index in [0.29, 0.717) is 11.3 Å². The van der Waals surface area contributed by atoms with Crippen LogP contribution in [0, 0.1) is 11.6 Å². The maximum atomic E-state index is 13.5. The fraction of sp³-hybridized carbons (Fsp3) is 0.263. The van der Waals surface area contributed by atoms with E-state index in [9.17, 15) is 18.4 Å². The molecular weight excluding hydrogens is 344 g/mol. The summed E-state index contributed by atoms with van der Waals surface area (Å²) in [7, 11) is 0. The first-order valence-electron chi connectivity index (χ1n) is 7.96. The number of benzene rings is 2. The van der Waals surface area contributed by atoms with Crippen LogP contribution in [0.1, 0.15) is 24.2 Å². The molecule has 0 aliphatic rings. The second kappa shape index (κ2) is 8.94. The minimum absolute atomic E-state index is 0.0155. The Balaban J connectivity index is 1.75. The van der Waals surface area contributed by atoms with Gasteiger partial charge in [0.1, 0.15) is 18.2 Å². The van der Waals surface area contributed by atoms with Gasteiger partial charge in [-0.15, -0.1) is 0 Å². The van der Waals surface area contributed by atoms with E-state index in [2.05, 4.69) is 5.32 Å². The molecule has 1 amide bonds. The number of hydrogen-bond donors (Lipinski definition) is 1. The number of nitrogens with one attached hydrogen (secondary N) is 1. The second-order valence-corrected chi connectivity index (χ2v) is 5.72. The van der Waals surface area contributed by atoms with Gasteiger partial charge in [-0.05, 0) is 50.2 Å². The molecule has 2 rings (SSSR count). The molecule has 0 heterocycles. The highest BCUT2D eigenvalue weighted by atomic mass is 19.1. The summed E-state index contributed by atoms with van der Waals surface area (Å²) in [6.07, 6.45) is 0. The summed E-state index contributed by atoms with van der Waals surface area (Å²) in [6, 6.07) is 9.04. The Hall–Kier alpha value is -2.96. The summed E-state index contributed by atoms with van der Waals surface area (Å²) >= 11 is 0. The minimum atomic E-state index is -0.805. The zero-order valence-corrected chi connectivity index (χ0v) is 14.4. The lowest BCUT2D eigenvalue weighted by molar-refractivity contribution is -0.123. The third-order valence-electron chi connectivity index (χ3n) is 3.42. The Morgan fingerprint density at radius 2 is 1.77 bits per heavy atom. The van der Waals surface area contributed by atoms with Crippen LogP contribution in [0.4, 0.5) is 8.78 Å². The van der Waals surface area contributed by atoms with E-state index in [-0.39, 0.29) is 30.7 Å². The summed E-state index contributed by atoms with van der Waals surface area (Å²) in [6.45, 7) is 2.95. The first kappa shape index (κ1) is 19.4. The van der Waals surface area contributed by atoms with Gasteiger partial charge in [0, 0.05) is 11.6 Å². The fourth-order valence-corrected chi connectivity index (χ4v) is 2.10. The predicted octanol–water partition coefficient (Wildman–Crippen LogP) is 3.13. The summed E-state index contributed by atoms with van der Waals surface area (Å²) < 4.78 is 36.8. The van der Waals surface area contributed by atoms with Crippen LogP contribution in [-0.4, -0.2) is 30.9 Å². The van der Waals surface area contributed by atoms with Gasteiger partial charge in [-0.25, -0.2) is 8.78 Å². The van der Waals surface area contributed by atoms with E-state index in [1.165, 1.54) is 13.0 Å². The third kappa shape index (κ3) is 5.84. The first-order chi connectivity index (χ1) is 12.3. The third-order valence-corrected chi connectivity index (χ3v) is 3.42. The van der Waals surface area contributed by atoms with Gasteiger partial charge in [-0.2, -0.15) is 0 Å².